The molecule has 0 aliphatic heterocycles. The van der Waals surface area contributed by atoms with Crippen molar-refractivity contribution in [1.82, 2.24) is 0 Å². The Morgan fingerprint density at radius 1 is 0.926 bits per heavy atom. The van der Waals surface area contributed by atoms with E-state index >= 15 is 0 Å². The van der Waals surface area contributed by atoms with Crippen LogP contribution in [0.3, 0.4) is 0 Å². The van der Waals surface area contributed by atoms with Crippen LogP contribution in [0.15, 0.2) is 78.9 Å². The minimum absolute atomic E-state index is 0. The van der Waals surface area contributed by atoms with Crippen molar-refractivity contribution in [3.8, 4) is 0 Å². The summed E-state index contributed by atoms with van der Waals surface area (Å²) in [6, 6.07) is 23.2. The van der Waals surface area contributed by atoms with Gasteiger partial charge in [-0.2, -0.15) is 17.7 Å². The van der Waals surface area contributed by atoms with Crippen LogP contribution < -0.4 is 0 Å². The number of allylic oxidation sites excluding steroid dienone is 4. The van der Waals surface area contributed by atoms with Crippen molar-refractivity contribution in [2.45, 2.75) is 13.3 Å². The third-order valence-electron chi connectivity index (χ3n) is 3.57. The maximum absolute atomic E-state index is 3.15. The molecule has 0 amide bonds. The van der Waals surface area contributed by atoms with Crippen LogP contribution in [0.4, 0.5) is 0 Å². The Bertz CT molecular complexity index is 774. The first-order valence-corrected chi connectivity index (χ1v) is 11.7. The molecule has 0 unspecified atom stereocenters. The van der Waals surface area contributed by atoms with E-state index in [2.05, 4.69) is 92.7 Å². The summed E-state index contributed by atoms with van der Waals surface area (Å²) in [5, 5.41) is 2.69. The van der Waals surface area contributed by atoms with Crippen molar-refractivity contribution in [1.29, 1.82) is 0 Å². The molecule has 2 radical (unpaired) electrons. The Morgan fingerprint density at radius 3 is 2.07 bits per heavy atom. The first-order valence-electron chi connectivity index (χ1n) is 7.52. The van der Waals surface area contributed by atoms with E-state index < -0.39 is 0 Å². The van der Waals surface area contributed by atoms with Crippen LogP contribution in [0.5, 0.6) is 0 Å². The van der Waals surface area contributed by atoms with Crippen LogP contribution in [0.2, 0.25) is 0 Å². The molecule has 27 heavy (non-hydrogen) atoms. The van der Waals surface area contributed by atoms with E-state index in [0.29, 0.717) is 0 Å². The first-order chi connectivity index (χ1) is 11.3. The Kier molecular flexibility index (Phi) is 19.8. The van der Waals surface area contributed by atoms with E-state index in [1.807, 2.05) is 6.07 Å². The van der Waals surface area contributed by atoms with Gasteiger partial charge in [-0.15, -0.1) is 77.4 Å². The molecule has 144 valence electrons. The summed E-state index contributed by atoms with van der Waals surface area (Å²) >= 11 is 1.36. The molecule has 0 saturated carbocycles. The average Bonchev–Trinajstić information content (AvgIpc) is 3.26. The molecule has 0 N–H and O–H groups in total. The van der Waals surface area contributed by atoms with E-state index in [1.54, 1.807) is 0 Å². The van der Waals surface area contributed by atoms with Gasteiger partial charge >= 0.3 is 30.2 Å². The van der Waals surface area contributed by atoms with Gasteiger partial charge in [0.15, 0.2) is 0 Å². The fourth-order valence-electron chi connectivity index (χ4n) is 2.53. The van der Waals surface area contributed by atoms with Crippen molar-refractivity contribution in [3.05, 3.63) is 111 Å². The molecule has 0 saturated heterocycles. The number of hydrogen-bond donors (Lipinski definition) is 0. The van der Waals surface area contributed by atoms with Crippen molar-refractivity contribution in [2.75, 3.05) is 0 Å². The molecule has 3 aromatic carbocycles. The maximum atomic E-state index is 3.15. The quantitative estimate of drug-likeness (QED) is 0.252. The van der Waals surface area contributed by atoms with E-state index in [0.717, 1.165) is 6.42 Å². The second-order valence-corrected chi connectivity index (χ2v) is 5.24. The second-order valence-electron chi connectivity index (χ2n) is 5.24. The number of fused-ring (bicyclic) bond motifs is 1. The zero-order valence-electron chi connectivity index (χ0n) is 16.0. The molecule has 4 heteroatoms. The van der Waals surface area contributed by atoms with E-state index in [4.69, 9.17) is 0 Å². The summed E-state index contributed by atoms with van der Waals surface area (Å²) in [6.45, 7) is 5.19. The van der Waals surface area contributed by atoms with Gasteiger partial charge in [-0.05, 0) is 0 Å². The van der Waals surface area contributed by atoms with Crippen LogP contribution in [0.25, 0.3) is 16.3 Å². The number of aryl methyl sites for hydroxylation is 1. The summed E-state index contributed by atoms with van der Waals surface area (Å²) < 4.78 is 0. The Balaban J connectivity index is -0.000000345. The van der Waals surface area contributed by atoms with Gasteiger partial charge in [0, 0.05) is 0 Å². The molecule has 1 aliphatic carbocycles. The van der Waals surface area contributed by atoms with Crippen molar-refractivity contribution < 1.29 is 23.3 Å². The molecule has 1 aliphatic rings. The zero-order valence-corrected chi connectivity index (χ0v) is 21.1. The number of benzene rings is 2. The molecule has 0 aromatic heterocycles. The number of hydrogen-bond acceptors (Lipinski definition) is 0. The van der Waals surface area contributed by atoms with Gasteiger partial charge in [-0.25, -0.2) is 6.08 Å². The molecular formula is C23H26Cl2SiZr-4. The van der Waals surface area contributed by atoms with Gasteiger partial charge in [-0.3, -0.25) is 6.08 Å². The SMILES string of the molecule is Cc1cc2ccccc2[cH-]1.Cl.Cl.[C-]1=CC(c2ccccc2)=CC1.[CH3-].[CH3-].[Si]=[Zr]. The van der Waals surface area contributed by atoms with E-state index in [-0.39, 0.29) is 39.7 Å². The fourth-order valence-corrected chi connectivity index (χ4v) is 2.53. The van der Waals surface area contributed by atoms with Crippen LogP contribution in [0.1, 0.15) is 17.5 Å². The average molecular weight is 493 g/mol. The Hall–Kier alpha value is -0.790. The van der Waals surface area contributed by atoms with Crippen LogP contribution in [0, 0.1) is 27.9 Å². The molecule has 0 atom stereocenters. The standard InChI is InChI=1S/C11H9.C10H9.2CH3.2ClH.Si.Zr/c1-2-6-10(7-3-1)11-8-4-5-9-11;1-8-6-9-4-2-3-5-10(9)7-8;;;;;;/h1-3,6-9H,4H2;2-7H,1H3;2*1H3;2*1H;;/q4*-1;;;;. The number of halogens is 2. The van der Waals surface area contributed by atoms with Gasteiger partial charge in [0.1, 0.15) is 0 Å². The van der Waals surface area contributed by atoms with E-state index in [1.165, 1.54) is 50.8 Å². The molecule has 0 heterocycles. The van der Waals surface area contributed by atoms with Crippen LogP contribution in [-0.4, -0.2) is 6.88 Å². The summed E-state index contributed by atoms with van der Waals surface area (Å²) in [5.74, 6) is 0. The fraction of sp³-hybridized carbons (Fsp3) is 0.0870. The van der Waals surface area contributed by atoms with Gasteiger partial charge in [0.05, 0.1) is 0 Å². The predicted molar refractivity (Wildman–Crippen MR) is 124 cm³/mol. The summed E-state index contributed by atoms with van der Waals surface area (Å²) in [6.07, 6.45) is 8.36. The number of rotatable bonds is 1. The van der Waals surface area contributed by atoms with Gasteiger partial charge < -0.3 is 14.9 Å². The minimum atomic E-state index is 0. The molecule has 0 fully saturated rings. The molecule has 4 rings (SSSR count). The van der Waals surface area contributed by atoms with Crippen LogP contribution >= 0.6 is 24.8 Å². The molecule has 0 nitrogen and oxygen atoms in total. The van der Waals surface area contributed by atoms with Crippen molar-refractivity contribution in [3.63, 3.8) is 0 Å². The summed E-state index contributed by atoms with van der Waals surface area (Å²) in [4.78, 5) is 0. The Labute approximate surface area is 194 Å². The molecule has 0 spiro atoms. The third-order valence-corrected chi connectivity index (χ3v) is 3.57. The molecule has 0 bridgehead atoms. The van der Waals surface area contributed by atoms with Crippen molar-refractivity contribution >= 4 is 48.0 Å². The van der Waals surface area contributed by atoms with Crippen LogP contribution in [-0.2, 0) is 23.3 Å². The van der Waals surface area contributed by atoms with Crippen molar-refractivity contribution in [2.24, 2.45) is 0 Å². The zero-order chi connectivity index (χ0) is 16.5. The topological polar surface area (TPSA) is 0 Å². The first kappa shape index (κ1) is 30.9. The predicted octanol–water partition coefficient (Wildman–Crippen LogP) is 7.06. The van der Waals surface area contributed by atoms with Gasteiger partial charge in [0.2, 0.25) is 0 Å². The van der Waals surface area contributed by atoms with Gasteiger partial charge in [0.25, 0.3) is 0 Å². The van der Waals surface area contributed by atoms with Gasteiger partial charge in [-0.1, -0.05) is 43.3 Å². The third kappa shape index (κ3) is 9.81. The van der Waals surface area contributed by atoms with E-state index in [9.17, 15) is 0 Å². The normalized spacial score (nSPS) is 10.1. The Morgan fingerprint density at radius 2 is 1.52 bits per heavy atom. The second kappa shape index (κ2) is 17.3. The summed E-state index contributed by atoms with van der Waals surface area (Å²) in [5.41, 5.74) is 3.93. The summed E-state index contributed by atoms with van der Waals surface area (Å²) in [7, 11) is 0. The molecular weight excluding hydrogens is 466 g/mol. The molecule has 3 aromatic rings. The monoisotopic (exact) mass is 490 g/mol.